The molecule has 0 aliphatic carbocycles. The molecule has 148 valence electrons. The first-order valence-corrected chi connectivity index (χ1v) is 9.75. The number of nitrogens with zero attached hydrogens (tertiary/aromatic N) is 2. The molecule has 0 spiro atoms. The highest BCUT2D eigenvalue weighted by Gasteiger charge is 2.15. The molecule has 5 heteroatoms. The van der Waals surface area contributed by atoms with Crippen molar-refractivity contribution in [3.8, 4) is 0 Å². The zero-order chi connectivity index (χ0) is 19.9. The maximum Gasteiger partial charge on any atom is 0.0564 e. The van der Waals surface area contributed by atoms with Gasteiger partial charge in [-0.1, -0.05) is 41.5 Å². The summed E-state index contributed by atoms with van der Waals surface area (Å²) >= 11 is 0. The fraction of sp³-hybridized carbons (Fsp3) is 0.545. The van der Waals surface area contributed by atoms with E-state index in [0.29, 0.717) is 0 Å². The lowest BCUT2D eigenvalue weighted by Gasteiger charge is -2.15. The Labute approximate surface area is 163 Å². The van der Waals surface area contributed by atoms with Crippen LogP contribution in [-0.2, 0) is 10.8 Å². The minimum absolute atomic E-state index is 0.141. The molecule has 2 rings (SSSR count). The normalized spacial score (nSPS) is 13.3. The zero-order valence-corrected chi connectivity index (χ0v) is 17.7. The van der Waals surface area contributed by atoms with Crippen LogP contribution < -0.4 is 5.32 Å². The highest BCUT2D eigenvalue weighted by molar-refractivity contribution is 5.77. The summed E-state index contributed by atoms with van der Waals surface area (Å²) in [6.45, 7) is 16.4. The van der Waals surface area contributed by atoms with E-state index in [0.717, 1.165) is 37.6 Å². The highest BCUT2D eigenvalue weighted by Crippen LogP contribution is 2.21. The summed E-state index contributed by atoms with van der Waals surface area (Å²) in [5.74, 6) is 0. The molecule has 2 heterocycles. The van der Waals surface area contributed by atoms with Crippen molar-refractivity contribution in [1.82, 2.24) is 15.3 Å². The SMILES string of the molecule is CC(C)(C)c1ccc(C=NCCNCCN=Cc2ccc(C(C)(C)C)[nH]2)[nH]1. The van der Waals surface area contributed by atoms with Crippen molar-refractivity contribution in [3.05, 3.63) is 47.0 Å². The maximum absolute atomic E-state index is 4.47. The van der Waals surface area contributed by atoms with Crippen molar-refractivity contribution >= 4 is 12.4 Å². The van der Waals surface area contributed by atoms with Crippen molar-refractivity contribution < 1.29 is 0 Å². The van der Waals surface area contributed by atoms with Gasteiger partial charge in [-0.3, -0.25) is 9.98 Å². The van der Waals surface area contributed by atoms with Gasteiger partial charge in [0.2, 0.25) is 0 Å². The zero-order valence-electron chi connectivity index (χ0n) is 17.7. The van der Waals surface area contributed by atoms with Crippen molar-refractivity contribution in [2.75, 3.05) is 26.2 Å². The number of hydrogen-bond donors (Lipinski definition) is 3. The Morgan fingerprint density at radius 1 is 0.741 bits per heavy atom. The minimum Gasteiger partial charge on any atom is -0.357 e. The van der Waals surface area contributed by atoms with Crippen molar-refractivity contribution in [1.29, 1.82) is 0 Å². The Balaban J connectivity index is 1.61. The Morgan fingerprint density at radius 2 is 1.15 bits per heavy atom. The Morgan fingerprint density at radius 3 is 1.48 bits per heavy atom. The summed E-state index contributed by atoms with van der Waals surface area (Å²) < 4.78 is 0. The molecule has 0 fully saturated rings. The molecular weight excluding hydrogens is 334 g/mol. The quantitative estimate of drug-likeness (QED) is 0.476. The number of aliphatic imine (C=N–C) groups is 2. The Hall–Kier alpha value is -2.14. The van der Waals surface area contributed by atoms with Gasteiger partial charge in [-0.25, -0.2) is 0 Å². The first-order chi connectivity index (χ1) is 12.7. The molecule has 27 heavy (non-hydrogen) atoms. The number of hydrogen-bond acceptors (Lipinski definition) is 3. The van der Waals surface area contributed by atoms with Gasteiger partial charge in [-0.15, -0.1) is 0 Å². The van der Waals surface area contributed by atoms with Crippen LogP contribution in [0.5, 0.6) is 0 Å². The number of aromatic nitrogens is 2. The number of aromatic amines is 2. The van der Waals surface area contributed by atoms with Gasteiger partial charge in [0.1, 0.15) is 0 Å². The Bertz CT molecular complexity index is 686. The van der Waals surface area contributed by atoms with E-state index < -0.39 is 0 Å². The highest BCUT2D eigenvalue weighted by atomic mass is 14.9. The van der Waals surface area contributed by atoms with E-state index in [-0.39, 0.29) is 10.8 Å². The first kappa shape index (κ1) is 21.2. The minimum atomic E-state index is 0.141. The fourth-order valence-corrected chi connectivity index (χ4v) is 2.59. The first-order valence-electron chi connectivity index (χ1n) is 9.75. The molecule has 0 radical (unpaired) electrons. The van der Waals surface area contributed by atoms with Crippen LogP contribution in [0.1, 0.15) is 64.3 Å². The molecule has 0 amide bonds. The van der Waals surface area contributed by atoms with Crippen molar-refractivity contribution in [2.45, 2.75) is 52.4 Å². The summed E-state index contributed by atoms with van der Waals surface area (Å²) in [6, 6.07) is 8.42. The maximum atomic E-state index is 4.47. The standard InChI is InChI=1S/C22H35N5/c1-21(2,3)19-9-7-17(26-19)15-24-13-11-23-12-14-25-16-18-8-10-20(27-18)22(4,5)6/h7-10,15-16,23,26-27H,11-14H2,1-6H3. The molecule has 0 aliphatic rings. The summed E-state index contributed by atoms with van der Waals surface area (Å²) in [4.78, 5) is 15.7. The molecule has 0 bridgehead atoms. The van der Waals surface area contributed by atoms with E-state index in [1.54, 1.807) is 0 Å². The number of rotatable bonds is 8. The smallest absolute Gasteiger partial charge is 0.0564 e. The molecule has 0 aromatic carbocycles. The monoisotopic (exact) mass is 369 g/mol. The summed E-state index contributed by atoms with van der Waals surface area (Å²) in [5, 5.41) is 3.37. The average Bonchev–Trinajstić information content (AvgIpc) is 3.21. The molecule has 0 saturated heterocycles. The summed E-state index contributed by atoms with van der Waals surface area (Å²) in [6.07, 6.45) is 3.82. The number of nitrogens with one attached hydrogen (secondary N) is 3. The van der Waals surface area contributed by atoms with E-state index in [4.69, 9.17) is 0 Å². The second-order valence-corrected chi connectivity index (χ2v) is 8.98. The fourth-order valence-electron chi connectivity index (χ4n) is 2.59. The largest absolute Gasteiger partial charge is 0.357 e. The third-order valence-corrected chi connectivity index (χ3v) is 4.33. The van der Waals surface area contributed by atoms with Crippen molar-refractivity contribution in [2.24, 2.45) is 9.98 Å². The summed E-state index contributed by atoms with van der Waals surface area (Å²) in [7, 11) is 0. The third-order valence-electron chi connectivity index (χ3n) is 4.33. The van der Waals surface area contributed by atoms with Crippen LogP contribution in [0.25, 0.3) is 0 Å². The van der Waals surface area contributed by atoms with Crippen LogP contribution in [0.2, 0.25) is 0 Å². The molecule has 0 unspecified atom stereocenters. The van der Waals surface area contributed by atoms with E-state index in [2.05, 4.69) is 91.1 Å². The van der Waals surface area contributed by atoms with Crippen LogP contribution >= 0.6 is 0 Å². The van der Waals surface area contributed by atoms with E-state index in [9.17, 15) is 0 Å². The van der Waals surface area contributed by atoms with E-state index >= 15 is 0 Å². The van der Waals surface area contributed by atoms with Gasteiger partial charge in [-0.2, -0.15) is 0 Å². The second kappa shape index (κ2) is 9.18. The lowest BCUT2D eigenvalue weighted by molar-refractivity contribution is 0.572. The second-order valence-electron chi connectivity index (χ2n) is 8.98. The van der Waals surface area contributed by atoms with E-state index in [1.807, 2.05) is 12.4 Å². The summed E-state index contributed by atoms with van der Waals surface area (Å²) in [5.41, 5.74) is 4.87. The molecule has 0 aliphatic heterocycles. The third kappa shape index (κ3) is 7.18. The van der Waals surface area contributed by atoms with Gasteiger partial charge in [0, 0.05) is 47.7 Å². The number of H-pyrrole nitrogens is 2. The molecule has 2 aromatic heterocycles. The van der Waals surface area contributed by atoms with Crippen LogP contribution in [0.3, 0.4) is 0 Å². The topological polar surface area (TPSA) is 68.3 Å². The lowest BCUT2D eigenvalue weighted by Crippen LogP contribution is -2.21. The van der Waals surface area contributed by atoms with Crippen molar-refractivity contribution in [3.63, 3.8) is 0 Å². The average molecular weight is 370 g/mol. The molecule has 2 aromatic rings. The van der Waals surface area contributed by atoms with Gasteiger partial charge in [0.25, 0.3) is 0 Å². The van der Waals surface area contributed by atoms with Gasteiger partial charge < -0.3 is 15.3 Å². The lowest BCUT2D eigenvalue weighted by atomic mass is 9.93. The van der Waals surface area contributed by atoms with Crippen LogP contribution in [0.15, 0.2) is 34.3 Å². The van der Waals surface area contributed by atoms with Crippen LogP contribution in [0, 0.1) is 0 Å². The van der Waals surface area contributed by atoms with E-state index in [1.165, 1.54) is 11.4 Å². The molecular formula is C22H35N5. The predicted octanol–water partition coefficient (Wildman–Crippen LogP) is 4.07. The van der Waals surface area contributed by atoms with Gasteiger partial charge in [0.05, 0.1) is 24.5 Å². The van der Waals surface area contributed by atoms with Gasteiger partial charge >= 0.3 is 0 Å². The van der Waals surface area contributed by atoms with Gasteiger partial charge in [-0.05, 0) is 24.3 Å². The molecule has 3 N–H and O–H groups in total. The van der Waals surface area contributed by atoms with Crippen LogP contribution in [-0.4, -0.2) is 48.6 Å². The molecule has 5 nitrogen and oxygen atoms in total. The molecule has 0 atom stereocenters. The molecule has 0 saturated carbocycles. The Kier molecular flexibility index (Phi) is 7.19. The predicted molar refractivity (Wildman–Crippen MR) is 117 cm³/mol. The van der Waals surface area contributed by atoms with Crippen LogP contribution in [0.4, 0.5) is 0 Å². The van der Waals surface area contributed by atoms with Gasteiger partial charge in [0.15, 0.2) is 0 Å².